The highest BCUT2D eigenvalue weighted by Crippen LogP contribution is 2.38. The fourth-order valence-corrected chi connectivity index (χ4v) is 4.98. The second-order valence-electron chi connectivity index (χ2n) is 7.86. The second-order valence-corrected chi connectivity index (χ2v) is 9.80. The molecule has 0 unspecified atom stereocenters. The number of nitrogens with one attached hydrogen (secondary N) is 2. The van der Waals surface area contributed by atoms with Crippen LogP contribution in [0.5, 0.6) is 0 Å². The number of benzene rings is 1. The van der Waals surface area contributed by atoms with E-state index < -0.39 is 21.5 Å². The number of aromatic amines is 1. The van der Waals surface area contributed by atoms with Crippen molar-refractivity contribution in [2.24, 2.45) is 0 Å². The molecule has 1 aliphatic rings. The molecule has 33 heavy (non-hydrogen) atoms. The van der Waals surface area contributed by atoms with Gasteiger partial charge in [0.1, 0.15) is 12.4 Å². The molecule has 11 heteroatoms. The second kappa shape index (κ2) is 9.28. The molecule has 4 rings (SSSR count). The molecule has 2 heterocycles. The molecule has 0 atom stereocenters. The average molecular weight is 471 g/mol. The molecule has 0 radical (unpaired) electrons. The first kappa shape index (κ1) is 22.9. The number of hydrogen-bond donors (Lipinski definition) is 2. The summed E-state index contributed by atoms with van der Waals surface area (Å²) in [7, 11) is -3.74. The normalized spacial score (nSPS) is 13.9. The molecule has 1 fully saturated rings. The van der Waals surface area contributed by atoms with Crippen LogP contribution >= 0.6 is 0 Å². The highest BCUT2D eigenvalue weighted by Gasteiger charge is 2.27. The quantitative estimate of drug-likeness (QED) is 0.493. The van der Waals surface area contributed by atoms with Gasteiger partial charge in [-0.15, -0.1) is 0 Å². The molecule has 2 N–H and O–H groups in total. The van der Waals surface area contributed by atoms with Crippen LogP contribution in [0.1, 0.15) is 38.4 Å². The third-order valence-corrected chi connectivity index (χ3v) is 7.54. The van der Waals surface area contributed by atoms with Gasteiger partial charge in [0.25, 0.3) is 5.56 Å². The fourth-order valence-electron chi connectivity index (χ4n) is 3.50. The summed E-state index contributed by atoms with van der Waals surface area (Å²) >= 11 is 0. The molecule has 1 saturated carbocycles. The number of carbonyl (C=O) groups excluding carboxylic acids is 1. The van der Waals surface area contributed by atoms with Gasteiger partial charge in [0, 0.05) is 42.5 Å². The molecule has 0 aliphatic heterocycles. The Morgan fingerprint density at radius 2 is 1.85 bits per heavy atom. The zero-order chi connectivity index (χ0) is 23.6. The minimum atomic E-state index is -3.74. The van der Waals surface area contributed by atoms with Crippen molar-refractivity contribution in [3.63, 3.8) is 0 Å². The number of hydrogen-bond acceptors (Lipinski definition) is 6. The van der Waals surface area contributed by atoms with Crippen LogP contribution < -0.4 is 10.9 Å². The van der Waals surface area contributed by atoms with Crippen LogP contribution in [-0.4, -0.2) is 51.5 Å². The van der Waals surface area contributed by atoms with Crippen molar-refractivity contribution in [1.29, 1.82) is 0 Å². The molecule has 0 spiro atoms. The van der Waals surface area contributed by atoms with Gasteiger partial charge in [0.15, 0.2) is 5.82 Å². The number of H-pyrrole nitrogens is 1. The van der Waals surface area contributed by atoms with E-state index in [1.807, 2.05) is 0 Å². The van der Waals surface area contributed by atoms with Crippen LogP contribution in [0.15, 0.2) is 52.3 Å². The number of carbonyl (C=O) groups is 1. The van der Waals surface area contributed by atoms with Crippen molar-refractivity contribution < 1.29 is 13.2 Å². The highest BCUT2D eigenvalue weighted by atomic mass is 32.2. The van der Waals surface area contributed by atoms with Gasteiger partial charge in [-0.2, -0.15) is 9.40 Å². The van der Waals surface area contributed by atoms with Crippen LogP contribution in [0.25, 0.3) is 11.4 Å². The zero-order valence-electron chi connectivity index (χ0n) is 18.5. The molecule has 174 valence electrons. The summed E-state index contributed by atoms with van der Waals surface area (Å²) in [6.45, 7) is 3.79. The number of pyridine rings is 1. The van der Waals surface area contributed by atoms with Gasteiger partial charge in [-0.3, -0.25) is 14.7 Å². The summed E-state index contributed by atoms with van der Waals surface area (Å²) in [6, 6.07) is 9.48. The van der Waals surface area contributed by atoms with Crippen LogP contribution in [0.3, 0.4) is 0 Å². The van der Waals surface area contributed by atoms with E-state index in [0.29, 0.717) is 30.5 Å². The predicted octanol–water partition coefficient (Wildman–Crippen LogP) is 2.18. The van der Waals surface area contributed by atoms with E-state index in [-0.39, 0.29) is 11.4 Å². The van der Waals surface area contributed by atoms with E-state index in [0.717, 1.165) is 34.9 Å². The van der Waals surface area contributed by atoms with Gasteiger partial charge in [0.2, 0.25) is 15.9 Å². The maximum Gasteiger partial charge on any atom is 0.251 e. The van der Waals surface area contributed by atoms with Crippen molar-refractivity contribution in [2.75, 3.05) is 18.4 Å². The lowest BCUT2D eigenvalue weighted by Crippen LogP contribution is -2.33. The maximum absolute atomic E-state index is 12.7. The Labute approximate surface area is 191 Å². The van der Waals surface area contributed by atoms with Crippen LogP contribution in [-0.2, 0) is 21.4 Å². The Bertz CT molecular complexity index is 1310. The zero-order valence-corrected chi connectivity index (χ0v) is 19.3. The number of rotatable bonds is 9. The van der Waals surface area contributed by atoms with E-state index in [1.54, 1.807) is 38.1 Å². The summed E-state index contributed by atoms with van der Waals surface area (Å²) in [5.74, 6) is 1.54. The summed E-state index contributed by atoms with van der Waals surface area (Å²) in [6.07, 6.45) is 3.47. The van der Waals surface area contributed by atoms with Crippen molar-refractivity contribution in [3.05, 3.63) is 58.8 Å². The van der Waals surface area contributed by atoms with Crippen molar-refractivity contribution in [3.8, 4) is 11.4 Å². The third kappa shape index (κ3) is 5.04. The monoisotopic (exact) mass is 470 g/mol. The van der Waals surface area contributed by atoms with Gasteiger partial charge in [-0.05, 0) is 43.2 Å². The van der Waals surface area contributed by atoms with Crippen LogP contribution in [0.4, 0.5) is 5.69 Å². The van der Waals surface area contributed by atoms with Gasteiger partial charge in [0.05, 0.1) is 4.90 Å². The highest BCUT2D eigenvalue weighted by molar-refractivity contribution is 7.89. The minimum Gasteiger partial charge on any atom is -0.325 e. The standard InChI is InChI=1S/C22H26N6O4S/c1-3-28(4-2)33(31,32)18-11-12-20(30)27(13-18)14-19(29)23-17-9-7-16(8-10-17)22-24-21(25-26-22)15-5-6-15/h7-13,15H,3-6,14H2,1-2H3,(H,23,29)(H,24,25,26). The van der Waals surface area contributed by atoms with Crippen molar-refractivity contribution in [1.82, 2.24) is 24.1 Å². The Hall–Kier alpha value is -3.31. The van der Waals surface area contributed by atoms with Crippen LogP contribution in [0.2, 0.25) is 0 Å². The number of aromatic nitrogens is 4. The number of nitrogens with zero attached hydrogens (tertiary/aromatic N) is 4. The van der Waals surface area contributed by atoms with E-state index in [1.165, 1.54) is 16.6 Å². The third-order valence-electron chi connectivity index (χ3n) is 5.51. The predicted molar refractivity (Wildman–Crippen MR) is 123 cm³/mol. The Kier molecular flexibility index (Phi) is 6.43. The molecule has 1 aliphatic carbocycles. The summed E-state index contributed by atoms with van der Waals surface area (Å²) in [5.41, 5.74) is 0.901. The first-order chi connectivity index (χ1) is 15.8. The maximum atomic E-state index is 12.7. The lowest BCUT2D eigenvalue weighted by atomic mass is 10.2. The van der Waals surface area contributed by atoms with Crippen molar-refractivity contribution in [2.45, 2.75) is 44.0 Å². The topological polar surface area (TPSA) is 130 Å². The lowest BCUT2D eigenvalue weighted by molar-refractivity contribution is -0.116. The molecule has 1 amide bonds. The molecule has 1 aromatic carbocycles. The average Bonchev–Trinajstić information content (AvgIpc) is 3.53. The molecule has 0 bridgehead atoms. The fraction of sp³-hybridized carbons (Fsp3) is 0.364. The molecular weight excluding hydrogens is 444 g/mol. The van der Waals surface area contributed by atoms with E-state index in [4.69, 9.17) is 0 Å². The SMILES string of the molecule is CCN(CC)S(=O)(=O)c1ccc(=O)n(CC(=O)Nc2ccc(-c3n[nH]c(C4CC4)n3)cc2)c1. The molecule has 10 nitrogen and oxygen atoms in total. The molecule has 2 aromatic heterocycles. The molecule has 0 saturated heterocycles. The summed E-state index contributed by atoms with van der Waals surface area (Å²) < 4.78 is 27.8. The van der Waals surface area contributed by atoms with Gasteiger partial charge < -0.3 is 9.88 Å². The Morgan fingerprint density at radius 1 is 1.15 bits per heavy atom. The number of amides is 1. The van der Waals surface area contributed by atoms with Gasteiger partial charge in [-0.1, -0.05) is 13.8 Å². The largest absolute Gasteiger partial charge is 0.325 e. The lowest BCUT2D eigenvalue weighted by Gasteiger charge is -2.19. The first-order valence-electron chi connectivity index (χ1n) is 10.8. The van der Waals surface area contributed by atoms with Gasteiger partial charge in [-0.25, -0.2) is 13.4 Å². The van der Waals surface area contributed by atoms with Crippen LogP contribution in [0, 0.1) is 0 Å². The number of sulfonamides is 1. The molecular formula is C22H26N6O4S. The number of anilines is 1. The summed E-state index contributed by atoms with van der Waals surface area (Å²) in [5, 5.41) is 9.93. The first-order valence-corrected chi connectivity index (χ1v) is 12.3. The van der Waals surface area contributed by atoms with Gasteiger partial charge >= 0.3 is 0 Å². The summed E-state index contributed by atoms with van der Waals surface area (Å²) in [4.78, 5) is 29.2. The Morgan fingerprint density at radius 3 is 2.48 bits per heavy atom. The minimum absolute atomic E-state index is 0.0278. The Balaban J connectivity index is 1.44. The molecule has 3 aromatic rings. The van der Waals surface area contributed by atoms with E-state index in [9.17, 15) is 18.0 Å². The smallest absolute Gasteiger partial charge is 0.251 e. The van der Waals surface area contributed by atoms with E-state index >= 15 is 0 Å². The van der Waals surface area contributed by atoms with E-state index in [2.05, 4.69) is 20.5 Å². The van der Waals surface area contributed by atoms with Crippen molar-refractivity contribution >= 4 is 21.6 Å².